The number of aliphatic hydroxyl groups excluding tert-OH is 1. The number of benzene rings is 4. The summed E-state index contributed by atoms with van der Waals surface area (Å²) in [6.07, 6.45) is -0.705. The van der Waals surface area contributed by atoms with E-state index in [4.69, 9.17) is 29.0 Å². The third-order valence-electron chi connectivity index (χ3n) is 8.04. The van der Waals surface area contributed by atoms with Gasteiger partial charge in [0.05, 0.1) is 31.5 Å². The van der Waals surface area contributed by atoms with E-state index in [1.54, 1.807) is 55.6 Å². The van der Waals surface area contributed by atoms with Crippen LogP contribution in [0, 0.1) is 0 Å². The van der Waals surface area contributed by atoms with Crippen LogP contribution in [0.15, 0.2) is 111 Å². The zero-order valence-electron chi connectivity index (χ0n) is 27.1. The number of carbonyl (C=O) groups is 1. The van der Waals surface area contributed by atoms with Crippen LogP contribution in [0.2, 0.25) is 0 Å². The Morgan fingerprint density at radius 3 is 2.39 bits per heavy atom. The van der Waals surface area contributed by atoms with Gasteiger partial charge in [-0.25, -0.2) is 18.8 Å². The van der Waals surface area contributed by atoms with Crippen molar-refractivity contribution >= 4 is 37.6 Å². The van der Waals surface area contributed by atoms with Gasteiger partial charge in [-0.1, -0.05) is 64.5 Å². The maximum atomic E-state index is 14.5. The van der Waals surface area contributed by atoms with Gasteiger partial charge in [0.2, 0.25) is 5.90 Å². The molecule has 0 unspecified atom stereocenters. The minimum absolute atomic E-state index is 0.0191. The third kappa shape index (κ3) is 8.24. The highest BCUT2D eigenvalue weighted by atomic mass is 79.9. The Bertz CT molecular complexity index is 1870. The first-order valence-corrected chi connectivity index (χ1v) is 18.0. The number of para-hydroxylation sites is 1. The van der Waals surface area contributed by atoms with E-state index < -0.39 is 27.4 Å². The quantitative estimate of drug-likeness (QED) is 0.104. The van der Waals surface area contributed by atoms with Crippen molar-refractivity contribution in [1.82, 2.24) is 10.9 Å². The van der Waals surface area contributed by atoms with E-state index in [9.17, 15) is 13.2 Å². The van der Waals surface area contributed by atoms with Crippen molar-refractivity contribution in [2.75, 3.05) is 33.2 Å². The molecule has 11 nitrogen and oxygen atoms in total. The molecule has 49 heavy (non-hydrogen) atoms. The molecular weight excluding hydrogens is 714 g/mol. The first-order valence-electron chi connectivity index (χ1n) is 15.6. The molecule has 0 spiro atoms. The largest absolute Gasteiger partial charge is 0.494 e. The fourth-order valence-corrected chi connectivity index (χ4v) is 7.37. The molecule has 1 amide bonds. The zero-order valence-corrected chi connectivity index (χ0v) is 29.5. The molecule has 1 heterocycles. The molecule has 0 aromatic heterocycles. The number of methoxy groups -OCH3 is 2. The highest BCUT2D eigenvalue weighted by Crippen LogP contribution is 2.45. The number of amides is 1. The molecule has 3 N–H and O–H groups in total. The first-order chi connectivity index (χ1) is 23.7. The molecule has 5 rings (SSSR count). The standard InChI is InChI=1S/C36H38BrN3O8S/c1-45-31-15-8-10-26(32(31)46-2)24-38-40-35(42)36(20-23-49(43,44)28-11-4-3-5-12-28)33(29-13-6-7-14-30(29)37)48-34(39-36)25-16-18-27(19-17-25)47-22-9-21-41/h3-8,10-19,33,38,41H,9,20-24H2,1-2H3,(H,40,42)/t33-,36-/m0/s1. The van der Waals surface area contributed by atoms with Crippen LogP contribution >= 0.6 is 15.9 Å². The lowest BCUT2D eigenvalue weighted by Crippen LogP contribution is -2.53. The normalized spacial score (nSPS) is 17.1. The lowest BCUT2D eigenvalue weighted by atomic mass is 9.85. The molecule has 0 radical (unpaired) electrons. The number of sulfone groups is 1. The zero-order chi connectivity index (χ0) is 34.9. The van der Waals surface area contributed by atoms with E-state index in [0.29, 0.717) is 45.9 Å². The van der Waals surface area contributed by atoms with E-state index >= 15 is 0 Å². The number of hydrogen-bond acceptors (Lipinski definition) is 10. The van der Waals surface area contributed by atoms with Gasteiger partial charge in [0, 0.05) is 47.2 Å². The lowest BCUT2D eigenvalue weighted by molar-refractivity contribution is -0.130. The van der Waals surface area contributed by atoms with Crippen molar-refractivity contribution in [3.63, 3.8) is 0 Å². The van der Waals surface area contributed by atoms with Gasteiger partial charge < -0.3 is 24.1 Å². The number of aliphatic hydroxyl groups is 1. The number of rotatable bonds is 16. The van der Waals surface area contributed by atoms with Gasteiger partial charge in [-0.15, -0.1) is 0 Å². The van der Waals surface area contributed by atoms with Crippen molar-refractivity contribution < 1.29 is 37.3 Å². The minimum Gasteiger partial charge on any atom is -0.494 e. The number of aliphatic imine (C=N–C) groups is 1. The van der Waals surface area contributed by atoms with Gasteiger partial charge in [-0.3, -0.25) is 10.2 Å². The van der Waals surface area contributed by atoms with Crippen molar-refractivity contribution in [3.05, 3.63) is 118 Å². The molecule has 2 atom stereocenters. The first kappa shape index (κ1) is 35.9. The number of ether oxygens (including phenoxy) is 4. The lowest BCUT2D eigenvalue weighted by Gasteiger charge is -2.31. The highest BCUT2D eigenvalue weighted by Gasteiger charge is 2.54. The number of hydrazine groups is 1. The SMILES string of the molecule is COc1cccc(CNNC(=O)[C@@]2(CCS(=O)(=O)c3ccccc3)N=C(c3ccc(OCCCO)cc3)O[C@H]2c2ccccc2Br)c1OC. The number of nitrogens with one attached hydrogen (secondary N) is 2. The number of halogens is 1. The van der Waals surface area contributed by atoms with Crippen molar-refractivity contribution in [1.29, 1.82) is 0 Å². The summed E-state index contributed by atoms with van der Waals surface area (Å²) in [7, 11) is -0.743. The molecule has 0 bridgehead atoms. The van der Waals surface area contributed by atoms with Gasteiger partial charge in [-0.05, 0) is 48.5 Å². The fourth-order valence-electron chi connectivity index (χ4n) is 5.49. The molecular formula is C36H38BrN3O8S. The summed E-state index contributed by atoms with van der Waals surface area (Å²) >= 11 is 3.61. The summed E-state index contributed by atoms with van der Waals surface area (Å²) in [5.41, 5.74) is 5.95. The molecule has 0 saturated carbocycles. The smallest absolute Gasteiger partial charge is 0.266 e. The Labute approximate surface area is 294 Å². The van der Waals surface area contributed by atoms with E-state index in [0.717, 1.165) is 5.56 Å². The topological polar surface area (TPSA) is 145 Å². The average Bonchev–Trinajstić information content (AvgIpc) is 3.52. The van der Waals surface area contributed by atoms with E-state index in [1.165, 1.54) is 19.2 Å². The van der Waals surface area contributed by atoms with E-state index in [1.807, 2.05) is 36.4 Å². The Morgan fingerprint density at radius 2 is 1.69 bits per heavy atom. The molecule has 0 saturated heterocycles. The fraction of sp³-hybridized carbons (Fsp3) is 0.278. The van der Waals surface area contributed by atoms with Crippen LogP contribution in [-0.4, -0.2) is 64.1 Å². The third-order valence-corrected chi connectivity index (χ3v) is 10.5. The van der Waals surface area contributed by atoms with Crippen LogP contribution in [0.1, 0.15) is 35.6 Å². The van der Waals surface area contributed by atoms with Gasteiger partial charge in [-0.2, -0.15) is 0 Å². The maximum absolute atomic E-state index is 14.5. The van der Waals surface area contributed by atoms with Crippen LogP contribution in [0.25, 0.3) is 0 Å². The number of hydrogen-bond donors (Lipinski definition) is 3. The average molecular weight is 753 g/mol. The van der Waals surface area contributed by atoms with E-state index in [-0.39, 0.29) is 36.1 Å². The van der Waals surface area contributed by atoms with Crippen LogP contribution in [0.4, 0.5) is 0 Å². The maximum Gasteiger partial charge on any atom is 0.266 e. The summed E-state index contributed by atoms with van der Waals surface area (Å²) < 4.78 is 51.0. The second-order valence-corrected chi connectivity index (χ2v) is 14.1. The molecule has 4 aromatic carbocycles. The summed E-state index contributed by atoms with van der Waals surface area (Å²) in [6.45, 7) is 0.538. The summed E-state index contributed by atoms with van der Waals surface area (Å²) in [4.78, 5) is 19.6. The second-order valence-electron chi connectivity index (χ2n) is 11.2. The van der Waals surface area contributed by atoms with Gasteiger partial charge >= 0.3 is 0 Å². The van der Waals surface area contributed by atoms with Gasteiger partial charge in [0.25, 0.3) is 5.91 Å². The Hall–Kier alpha value is -4.43. The minimum atomic E-state index is -3.82. The van der Waals surface area contributed by atoms with Crippen LogP contribution in [0.5, 0.6) is 17.2 Å². The van der Waals surface area contributed by atoms with Crippen LogP contribution in [-0.2, 0) is 25.9 Å². The highest BCUT2D eigenvalue weighted by molar-refractivity contribution is 9.10. The number of carbonyl (C=O) groups excluding carboxylic acids is 1. The molecule has 1 aliphatic heterocycles. The molecule has 258 valence electrons. The monoisotopic (exact) mass is 751 g/mol. The summed E-state index contributed by atoms with van der Waals surface area (Å²) in [5.74, 6) is 0.838. The number of nitrogens with zero attached hydrogens (tertiary/aromatic N) is 1. The van der Waals surface area contributed by atoms with Crippen LogP contribution in [0.3, 0.4) is 0 Å². The predicted molar refractivity (Wildman–Crippen MR) is 189 cm³/mol. The Kier molecular flexibility index (Phi) is 11.9. The second kappa shape index (κ2) is 16.3. The Morgan fingerprint density at radius 1 is 0.959 bits per heavy atom. The summed E-state index contributed by atoms with van der Waals surface area (Å²) in [5, 5.41) is 9.08. The summed E-state index contributed by atoms with van der Waals surface area (Å²) in [6, 6.07) is 27.8. The van der Waals surface area contributed by atoms with Crippen molar-refractivity contribution in [2.45, 2.75) is 35.9 Å². The molecule has 1 aliphatic rings. The van der Waals surface area contributed by atoms with Gasteiger partial charge in [0.15, 0.2) is 33.0 Å². The van der Waals surface area contributed by atoms with Crippen LogP contribution < -0.4 is 25.1 Å². The molecule has 0 aliphatic carbocycles. The molecule has 13 heteroatoms. The Balaban J connectivity index is 1.53. The van der Waals surface area contributed by atoms with Gasteiger partial charge in [0.1, 0.15) is 5.75 Å². The van der Waals surface area contributed by atoms with Crippen molar-refractivity contribution in [3.8, 4) is 17.2 Å². The van der Waals surface area contributed by atoms with E-state index in [2.05, 4.69) is 26.8 Å². The molecule has 0 fully saturated rings. The predicted octanol–water partition coefficient (Wildman–Crippen LogP) is 5.17. The molecule has 4 aromatic rings. The van der Waals surface area contributed by atoms with Crippen molar-refractivity contribution in [2.24, 2.45) is 4.99 Å².